The van der Waals surface area contributed by atoms with E-state index >= 15 is 0 Å². The van der Waals surface area contributed by atoms with E-state index < -0.39 is 5.54 Å². The minimum absolute atomic E-state index is 0.172. The summed E-state index contributed by atoms with van der Waals surface area (Å²) in [5.41, 5.74) is 2.72. The summed E-state index contributed by atoms with van der Waals surface area (Å²) in [4.78, 5) is 17.5. The van der Waals surface area contributed by atoms with Crippen molar-refractivity contribution >= 4 is 11.7 Å². The number of rotatable bonds is 7. The molecule has 0 aliphatic carbocycles. The van der Waals surface area contributed by atoms with Gasteiger partial charge in [0.25, 0.3) is 0 Å². The van der Waals surface area contributed by atoms with Crippen LogP contribution in [0.25, 0.3) is 0 Å². The minimum atomic E-state index is -0.712. The molecule has 130 valence electrons. The number of esters is 1. The highest BCUT2D eigenvalue weighted by molar-refractivity contribution is 6.04. The molecule has 0 spiro atoms. The molecule has 0 N–H and O–H groups in total. The molecular formula is C22H25NO2. The predicted octanol–water partition coefficient (Wildman–Crippen LogP) is 4.59. The van der Waals surface area contributed by atoms with Gasteiger partial charge >= 0.3 is 5.97 Å². The van der Waals surface area contributed by atoms with Crippen LogP contribution in [0.15, 0.2) is 65.7 Å². The normalized spacial score (nSPS) is 19.5. The van der Waals surface area contributed by atoms with Crippen molar-refractivity contribution in [3.63, 3.8) is 0 Å². The summed E-state index contributed by atoms with van der Waals surface area (Å²) in [6, 6.07) is 20.5. The van der Waals surface area contributed by atoms with Crippen LogP contribution < -0.4 is 0 Å². The average Bonchev–Trinajstić information content (AvgIpc) is 3.09. The first-order chi connectivity index (χ1) is 12.2. The fourth-order valence-corrected chi connectivity index (χ4v) is 3.46. The Morgan fingerprint density at radius 1 is 1.08 bits per heavy atom. The number of nitrogens with zero attached hydrogens (tertiary/aromatic N) is 1. The molecule has 0 bridgehead atoms. The van der Waals surface area contributed by atoms with Crippen molar-refractivity contribution in [3.05, 3.63) is 71.8 Å². The monoisotopic (exact) mass is 335 g/mol. The lowest BCUT2D eigenvalue weighted by molar-refractivity contribution is -0.149. The summed E-state index contributed by atoms with van der Waals surface area (Å²) in [6.07, 6.45) is 4.18. The molecule has 3 nitrogen and oxygen atoms in total. The Kier molecular flexibility index (Phi) is 5.64. The predicted molar refractivity (Wildman–Crippen MR) is 101 cm³/mol. The molecule has 1 heterocycles. The van der Waals surface area contributed by atoms with E-state index in [1.807, 2.05) is 31.2 Å². The summed E-state index contributed by atoms with van der Waals surface area (Å²) in [7, 11) is 0. The van der Waals surface area contributed by atoms with E-state index in [0.29, 0.717) is 6.61 Å². The van der Waals surface area contributed by atoms with Gasteiger partial charge in [-0.05, 0) is 50.2 Å². The van der Waals surface area contributed by atoms with Crippen LogP contribution in [0.5, 0.6) is 0 Å². The fraction of sp³-hybridized carbons (Fsp3) is 0.364. The van der Waals surface area contributed by atoms with E-state index in [1.165, 1.54) is 5.56 Å². The van der Waals surface area contributed by atoms with E-state index in [2.05, 4.69) is 36.4 Å². The Labute approximate surface area is 149 Å². The molecule has 1 atom stereocenters. The summed E-state index contributed by atoms with van der Waals surface area (Å²) in [5, 5.41) is 0. The molecule has 0 saturated carbocycles. The van der Waals surface area contributed by atoms with Crippen molar-refractivity contribution < 1.29 is 9.53 Å². The summed E-state index contributed by atoms with van der Waals surface area (Å²) in [5.74, 6) is -0.172. The van der Waals surface area contributed by atoms with Crippen molar-refractivity contribution in [1.82, 2.24) is 0 Å². The Morgan fingerprint density at radius 3 is 2.44 bits per heavy atom. The zero-order valence-electron chi connectivity index (χ0n) is 14.8. The van der Waals surface area contributed by atoms with Gasteiger partial charge in [-0.1, -0.05) is 60.7 Å². The molecular weight excluding hydrogens is 310 g/mol. The van der Waals surface area contributed by atoms with Gasteiger partial charge in [-0.25, -0.2) is 4.79 Å². The van der Waals surface area contributed by atoms with Crippen molar-refractivity contribution in [2.75, 3.05) is 6.61 Å². The summed E-state index contributed by atoms with van der Waals surface area (Å²) >= 11 is 0. The standard InChI is InChI=1S/C22H25NO2/c1-2-25-21(24)22(16-9-12-18-10-5-3-6-11-18)17-15-20(23-22)19-13-7-4-8-14-19/h3-8,10-11,13-14H,2,9,12,15-17H2,1H3. The van der Waals surface area contributed by atoms with Crippen molar-refractivity contribution in [3.8, 4) is 0 Å². The number of hydrogen-bond donors (Lipinski definition) is 0. The maximum Gasteiger partial charge on any atom is 0.334 e. The molecule has 1 unspecified atom stereocenters. The molecule has 0 fully saturated rings. The second-order valence-corrected chi connectivity index (χ2v) is 6.52. The molecule has 2 aromatic rings. The molecule has 1 aliphatic heterocycles. The molecule has 0 amide bonds. The molecule has 0 saturated heterocycles. The van der Waals surface area contributed by atoms with E-state index in [9.17, 15) is 4.79 Å². The van der Waals surface area contributed by atoms with Gasteiger partial charge in [0.05, 0.1) is 6.61 Å². The van der Waals surface area contributed by atoms with Crippen LogP contribution in [0.2, 0.25) is 0 Å². The Balaban J connectivity index is 1.75. The second-order valence-electron chi connectivity index (χ2n) is 6.52. The lowest BCUT2D eigenvalue weighted by Crippen LogP contribution is -2.36. The highest BCUT2D eigenvalue weighted by Gasteiger charge is 2.43. The van der Waals surface area contributed by atoms with Gasteiger partial charge < -0.3 is 4.74 Å². The number of hydrogen-bond acceptors (Lipinski definition) is 3. The summed E-state index contributed by atoms with van der Waals surface area (Å²) < 4.78 is 5.37. The molecule has 3 rings (SSSR count). The van der Waals surface area contributed by atoms with Crippen LogP contribution in [0.4, 0.5) is 0 Å². The van der Waals surface area contributed by atoms with Gasteiger partial charge in [0.15, 0.2) is 5.54 Å². The van der Waals surface area contributed by atoms with Crippen LogP contribution in [-0.4, -0.2) is 23.8 Å². The molecule has 1 aliphatic rings. The van der Waals surface area contributed by atoms with Gasteiger partial charge in [-0.2, -0.15) is 0 Å². The Bertz CT molecular complexity index is 724. The van der Waals surface area contributed by atoms with E-state index in [0.717, 1.165) is 43.4 Å². The van der Waals surface area contributed by atoms with Gasteiger partial charge in [0.2, 0.25) is 0 Å². The van der Waals surface area contributed by atoms with Gasteiger partial charge in [0.1, 0.15) is 0 Å². The lowest BCUT2D eigenvalue weighted by atomic mass is 9.89. The first-order valence-corrected chi connectivity index (χ1v) is 9.09. The van der Waals surface area contributed by atoms with Crippen LogP contribution in [0.3, 0.4) is 0 Å². The number of benzene rings is 2. The minimum Gasteiger partial charge on any atom is -0.464 e. The third-order valence-electron chi connectivity index (χ3n) is 4.79. The number of carbonyl (C=O) groups excluding carboxylic acids is 1. The zero-order chi connectivity index (χ0) is 17.5. The second kappa shape index (κ2) is 8.11. The topological polar surface area (TPSA) is 38.7 Å². The Morgan fingerprint density at radius 2 is 1.76 bits per heavy atom. The first kappa shape index (κ1) is 17.4. The zero-order valence-corrected chi connectivity index (χ0v) is 14.8. The van der Waals surface area contributed by atoms with Crippen LogP contribution in [0, 0.1) is 0 Å². The molecule has 3 heteroatoms. The lowest BCUT2D eigenvalue weighted by Gasteiger charge is -2.23. The smallest absolute Gasteiger partial charge is 0.334 e. The first-order valence-electron chi connectivity index (χ1n) is 9.09. The summed E-state index contributed by atoms with van der Waals surface area (Å²) in [6.45, 7) is 2.25. The fourth-order valence-electron chi connectivity index (χ4n) is 3.46. The van der Waals surface area contributed by atoms with E-state index in [1.54, 1.807) is 0 Å². The van der Waals surface area contributed by atoms with Crippen molar-refractivity contribution in [2.24, 2.45) is 4.99 Å². The van der Waals surface area contributed by atoms with Gasteiger partial charge in [0, 0.05) is 5.71 Å². The largest absolute Gasteiger partial charge is 0.464 e. The van der Waals surface area contributed by atoms with Gasteiger partial charge in [-0.3, -0.25) is 4.99 Å². The highest BCUT2D eigenvalue weighted by atomic mass is 16.5. The van der Waals surface area contributed by atoms with Crippen LogP contribution in [0.1, 0.15) is 43.7 Å². The maximum atomic E-state index is 12.7. The number of aliphatic imine (C=N–C) groups is 1. The highest BCUT2D eigenvalue weighted by Crippen LogP contribution is 2.34. The Hall–Kier alpha value is -2.42. The number of carbonyl (C=O) groups is 1. The van der Waals surface area contributed by atoms with Crippen molar-refractivity contribution in [1.29, 1.82) is 0 Å². The maximum absolute atomic E-state index is 12.7. The quantitative estimate of drug-likeness (QED) is 0.694. The molecule has 25 heavy (non-hydrogen) atoms. The van der Waals surface area contributed by atoms with E-state index in [-0.39, 0.29) is 5.97 Å². The van der Waals surface area contributed by atoms with Gasteiger partial charge in [-0.15, -0.1) is 0 Å². The number of aryl methyl sites for hydroxylation is 1. The third kappa shape index (κ3) is 4.16. The third-order valence-corrected chi connectivity index (χ3v) is 4.79. The number of ether oxygens (including phenoxy) is 1. The van der Waals surface area contributed by atoms with E-state index in [4.69, 9.17) is 9.73 Å². The SMILES string of the molecule is CCOC(=O)C1(CCCc2ccccc2)CCC(c2ccccc2)=N1. The molecule has 0 aromatic heterocycles. The van der Waals surface area contributed by atoms with Crippen LogP contribution >= 0.6 is 0 Å². The average molecular weight is 335 g/mol. The van der Waals surface area contributed by atoms with Crippen LogP contribution in [-0.2, 0) is 16.0 Å². The molecule has 0 radical (unpaired) electrons. The molecule has 2 aromatic carbocycles. The van der Waals surface area contributed by atoms with Crippen molar-refractivity contribution in [2.45, 2.75) is 44.6 Å².